The van der Waals surface area contributed by atoms with Crippen LogP contribution in [0, 0.1) is 0 Å². The highest BCUT2D eigenvalue weighted by molar-refractivity contribution is 6.57. The minimum atomic E-state index is -4.78. The normalized spacial score (nSPS) is 17.5. The van der Waals surface area contributed by atoms with Crippen LogP contribution in [0.1, 0.15) is 17.0 Å². The van der Waals surface area contributed by atoms with Gasteiger partial charge in [-0.05, 0) is 5.56 Å². The molecule has 0 N–H and O–H groups in total. The smallest absolute Gasteiger partial charge is 0.449 e. The first-order chi connectivity index (χ1) is 7.04. The van der Waals surface area contributed by atoms with Crippen LogP contribution in [0.25, 0.3) is 0 Å². The van der Waals surface area contributed by atoms with Crippen LogP contribution in [0.2, 0.25) is 0 Å². The highest BCUT2D eigenvalue weighted by atomic mass is 19.4. The molecule has 0 radical (unpaired) electrons. The van der Waals surface area contributed by atoms with Crippen molar-refractivity contribution in [1.82, 2.24) is 4.98 Å². The van der Waals surface area contributed by atoms with Crippen LogP contribution in [-0.4, -0.2) is 25.2 Å². The Bertz CT molecular complexity index is 351. The van der Waals surface area contributed by atoms with Crippen LogP contribution in [0.5, 0.6) is 0 Å². The Balaban J connectivity index is 2.11. The van der Waals surface area contributed by atoms with E-state index >= 15 is 0 Å². The summed E-state index contributed by atoms with van der Waals surface area (Å²) in [6.07, 6.45) is 2.03. The predicted octanol–water partition coefficient (Wildman–Crippen LogP) is 2.12. The summed E-state index contributed by atoms with van der Waals surface area (Å²) < 4.78 is 41.5. The van der Waals surface area contributed by atoms with Gasteiger partial charge in [0.1, 0.15) is 0 Å². The van der Waals surface area contributed by atoms with Crippen molar-refractivity contribution in [3.63, 3.8) is 0 Å². The van der Waals surface area contributed by atoms with Crippen LogP contribution >= 0.6 is 0 Å². The first-order valence-electron chi connectivity index (χ1n) is 4.77. The van der Waals surface area contributed by atoms with Gasteiger partial charge in [0.15, 0.2) is 0 Å². The van der Waals surface area contributed by atoms with E-state index in [4.69, 9.17) is 4.74 Å². The third-order valence-corrected chi connectivity index (χ3v) is 2.39. The van der Waals surface area contributed by atoms with Crippen molar-refractivity contribution in [2.75, 3.05) is 13.2 Å². The van der Waals surface area contributed by atoms with E-state index in [1.54, 1.807) is 12.3 Å². The first-order valence-corrected chi connectivity index (χ1v) is 4.77. The lowest BCUT2D eigenvalue weighted by Gasteiger charge is -2.26. The van der Waals surface area contributed by atoms with Gasteiger partial charge in [-0.1, -0.05) is 17.9 Å². The summed E-state index contributed by atoms with van der Waals surface area (Å²) in [4.78, 5) is 3.83. The Morgan fingerprint density at radius 2 is 2.07 bits per heavy atom. The minimum absolute atomic E-state index is 0.221. The molecule has 15 heavy (non-hydrogen) atoms. The summed E-state index contributed by atoms with van der Waals surface area (Å²) in [6, 6.07) is 1.58. The molecule has 2 rings (SSSR count). The fourth-order valence-electron chi connectivity index (χ4n) is 1.54. The molecule has 1 aliphatic heterocycles. The summed E-state index contributed by atoms with van der Waals surface area (Å²) >= 11 is 0. The molecule has 1 aliphatic rings. The highest BCUT2D eigenvalue weighted by Crippen LogP contribution is 2.25. The molecule has 1 saturated heterocycles. The summed E-state index contributed by atoms with van der Waals surface area (Å²) in [6.45, 7) is -3.61. The highest BCUT2D eigenvalue weighted by Gasteiger charge is 2.25. The molecule has 2 nitrogen and oxygen atoms in total. The molecule has 0 aliphatic carbocycles. The van der Waals surface area contributed by atoms with E-state index in [1.807, 2.05) is 0 Å². The summed E-state index contributed by atoms with van der Waals surface area (Å²) in [5.41, 5.74) is 1.09. The lowest BCUT2D eigenvalue weighted by atomic mass is 9.81. The predicted molar refractivity (Wildman–Crippen MR) is 50.6 cm³/mol. The first kappa shape index (κ1) is 10.5. The molecule has 0 spiro atoms. The topological polar surface area (TPSA) is 22.1 Å². The van der Waals surface area contributed by atoms with E-state index in [2.05, 4.69) is 4.98 Å². The molecule has 0 aromatic carbocycles. The van der Waals surface area contributed by atoms with E-state index < -0.39 is 13.3 Å². The Morgan fingerprint density at radius 1 is 1.33 bits per heavy atom. The average Bonchev–Trinajstić information content (AvgIpc) is 1.97. The van der Waals surface area contributed by atoms with Gasteiger partial charge in [-0.3, -0.25) is 4.98 Å². The van der Waals surface area contributed by atoms with Gasteiger partial charge in [0.25, 0.3) is 0 Å². The van der Waals surface area contributed by atoms with Crippen molar-refractivity contribution in [1.29, 1.82) is 0 Å². The van der Waals surface area contributed by atoms with Gasteiger partial charge >= 0.3 is 6.98 Å². The van der Waals surface area contributed by atoms with E-state index in [1.165, 1.54) is 6.20 Å². The van der Waals surface area contributed by atoms with Crippen molar-refractivity contribution in [3.8, 4) is 0 Å². The molecule has 0 saturated carbocycles. The number of rotatable bonds is 3. The maximum atomic E-state index is 12.2. The number of nitrogens with zero attached hydrogens (tertiary/aromatic N) is 1. The minimum Gasteiger partial charge on any atom is -0.449 e. The number of pyridine rings is 1. The Morgan fingerprint density at radius 3 is 2.60 bits per heavy atom. The standard InChI is InChI=1S/C9H10BF3NO/c11-10(12,13)2-7-1-8(4-14-3-7)9-5-15-6-9/h1,3-4,9H,2,5-6H2/q-1. The van der Waals surface area contributed by atoms with Gasteiger partial charge in [0, 0.05) is 18.3 Å². The number of hydrogen-bond donors (Lipinski definition) is 0. The molecular formula is C9H10BF3NO-. The summed E-state index contributed by atoms with van der Waals surface area (Å²) in [7, 11) is 0. The molecular weight excluding hydrogens is 206 g/mol. The van der Waals surface area contributed by atoms with Crippen molar-refractivity contribution in [3.05, 3.63) is 29.6 Å². The molecule has 82 valence electrons. The number of ether oxygens (including phenoxy) is 1. The van der Waals surface area contributed by atoms with E-state index in [-0.39, 0.29) is 11.5 Å². The van der Waals surface area contributed by atoms with Crippen molar-refractivity contribution < 1.29 is 17.7 Å². The number of halogens is 3. The molecule has 0 bridgehead atoms. The second kappa shape index (κ2) is 3.85. The van der Waals surface area contributed by atoms with Gasteiger partial charge < -0.3 is 17.7 Å². The second-order valence-corrected chi connectivity index (χ2v) is 3.78. The molecule has 1 aromatic heterocycles. The van der Waals surface area contributed by atoms with Crippen LogP contribution in [0.4, 0.5) is 12.9 Å². The fourth-order valence-corrected chi connectivity index (χ4v) is 1.54. The quantitative estimate of drug-likeness (QED) is 0.722. The van der Waals surface area contributed by atoms with Crippen LogP contribution in [-0.2, 0) is 11.1 Å². The average molecular weight is 216 g/mol. The van der Waals surface area contributed by atoms with Gasteiger partial charge in [0.05, 0.1) is 13.2 Å². The Kier molecular flexibility index (Phi) is 2.69. The lowest BCUT2D eigenvalue weighted by molar-refractivity contribution is 0.00827. The van der Waals surface area contributed by atoms with Crippen LogP contribution < -0.4 is 0 Å². The largest absolute Gasteiger partial charge is 0.482 e. The van der Waals surface area contributed by atoms with E-state index in [0.29, 0.717) is 13.2 Å². The SMILES string of the molecule is F[B-](F)(F)Cc1cncc(C2COC2)c1. The summed E-state index contributed by atoms with van der Waals surface area (Å²) in [5, 5.41) is 0. The summed E-state index contributed by atoms with van der Waals surface area (Å²) in [5.74, 6) is 0.221. The van der Waals surface area contributed by atoms with Crippen molar-refractivity contribution in [2.45, 2.75) is 12.2 Å². The van der Waals surface area contributed by atoms with Crippen LogP contribution in [0.15, 0.2) is 18.5 Å². The molecule has 0 unspecified atom stereocenters. The zero-order chi connectivity index (χ0) is 10.9. The zero-order valence-corrected chi connectivity index (χ0v) is 8.00. The third kappa shape index (κ3) is 2.71. The monoisotopic (exact) mass is 216 g/mol. The van der Waals surface area contributed by atoms with Crippen LogP contribution in [0.3, 0.4) is 0 Å². The van der Waals surface area contributed by atoms with Crippen molar-refractivity contribution >= 4 is 6.98 Å². The van der Waals surface area contributed by atoms with E-state index in [9.17, 15) is 12.9 Å². The Hall–Kier alpha value is -1.04. The lowest BCUT2D eigenvalue weighted by Crippen LogP contribution is -2.26. The third-order valence-electron chi connectivity index (χ3n) is 2.39. The number of hydrogen-bond acceptors (Lipinski definition) is 2. The van der Waals surface area contributed by atoms with Crippen molar-refractivity contribution in [2.24, 2.45) is 0 Å². The van der Waals surface area contributed by atoms with Gasteiger partial charge in [0.2, 0.25) is 0 Å². The fraction of sp³-hybridized carbons (Fsp3) is 0.444. The molecule has 0 amide bonds. The molecule has 6 heteroatoms. The molecule has 2 heterocycles. The molecule has 1 aromatic rings. The number of aromatic nitrogens is 1. The van der Waals surface area contributed by atoms with E-state index in [0.717, 1.165) is 5.56 Å². The van der Waals surface area contributed by atoms with Gasteiger partial charge in [-0.15, -0.1) is 0 Å². The van der Waals surface area contributed by atoms with Gasteiger partial charge in [-0.2, -0.15) is 0 Å². The van der Waals surface area contributed by atoms with Gasteiger partial charge in [-0.25, -0.2) is 0 Å². The maximum Gasteiger partial charge on any atom is 0.482 e. The second-order valence-electron chi connectivity index (χ2n) is 3.78. The molecule has 1 fully saturated rings. The maximum absolute atomic E-state index is 12.2. The molecule has 0 atom stereocenters. The zero-order valence-electron chi connectivity index (χ0n) is 8.00. The Labute approximate surface area is 85.5 Å².